The largest absolute Gasteiger partial charge is 0.287 e. The van der Waals surface area contributed by atoms with Crippen molar-refractivity contribution in [1.82, 2.24) is 0 Å². The van der Waals surface area contributed by atoms with E-state index in [-0.39, 0.29) is 13.5 Å². The highest BCUT2D eigenvalue weighted by atomic mass is 79.9. The average molecular weight is 892 g/mol. The van der Waals surface area contributed by atoms with Crippen LogP contribution in [-0.4, -0.2) is 25.5 Å². The Morgan fingerprint density at radius 1 is 0.815 bits per heavy atom. The van der Waals surface area contributed by atoms with E-state index in [9.17, 15) is 0 Å². The maximum absolute atomic E-state index is 5.60. The van der Waals surface area contributed by atoms with Crippen LogP contribution < -0.4 is 0 Å². The predicted molar refractivity (Wildman–Crippen MR) is 145 cm³/mol. The molecule has 1 aromatic carbocycles. The molecule has 0 amide bonds. The van der Waals surface area contributed by atoms with E-state index in [0.29, 0.717) is 0 Å². The van der Waals surface area contributed by atoms with Gasteiger partial charge >= 0.3 is 0 Å². The van der Waals surface area contributed by atoms with Crippen LogP contribution in [0.3, 0.4) is 0 Å². The molecular formula is C18H20Br8O. The zero-order valence-electron chi connectivity index (χ0n) is 14.9. The quantitative estimate of drug-likeness (QED) is 0.256. The molecule has 1 nitrogen and oxygen atoms in total. The molecule has 5 atom stereocenters. The van der Waals surface area contributed by atoms with Gasteiger partial charge in [-0.25, -0.2) is 0 Å². The molecule has 2 aliphatic carbocycles. The molecule has 1 saturated carbocycles. The van der Waals surface area contributed by atoms with Gasteiger partial charge in [-0.05, 0) is 67.1 Å². The summed E-state index contributed by atoms with van der Waals surface area (Å²) in [4.78, 5) is -0.101. The SMILES string of the molecule is CC1(Br)C(Br)(Br)C(Br)C(Br)(OBr)C(C)(Br)C1(C)Br.c1ccc2c(c1)CCC2. The Bertz CT molecular complexity index is 649. The van der Waals surface area contributed by atoms with E-state index in [2.05, 4.69) is 173 Å². The summed E-state index contributed by atoms with van der Waals surface area (Å²) < 4.78 is 3.30. The molecule has 0 aliphatic heterocycles. The van der Waals surface area contributed by atoms with Gasteiger partial charge in [0.25, 0.3) is 0 Å². The molecule has 9 heteroatoms. The first-order valence-corrected chi connectivity index (χ1v) is 14.6. The minimum Gasteiger partial charge on any atom is -0.287 e. The van der Waals surface area contributed by atoms with Crippen molar-refractivity contribution in [2.45, 2.75) is 65.6 Å². The lowest BCUT2D eigenvalue weighted by Crippen LogP contribution is -2.77. The Kier molecular flexibility index (Phi) is 8.86. The Morgan fingerprint density at radius 2 is 1.26 bits per heavy atom. The highest BCUT2D eigenvalue weighted by molar-refractivity contribution is 9.27. The van der Waals surface area contributed by atoms with Crippen LogP contribution in [0.15, 0.2) is 24.3 Å². The lowest BCUT2D eigenvalue weighted by atomic mass is 9.72. The lowest BCUT2D eigenvalue weighted by Gasteiger charge is -2.64. The maximum atomic E-state index is 5.60. The molecule has 0 heterocycles. The van der Waals surface area contributed by atoms with E-state index in [1.807, 2.05) is 0 Å². The Labute approximate surface area is 229 Å². The molecule has 0 aromatic heterocycles. The van der Waals surface area contributed by atoms with E-state index >= 15 is 0 Å². The summed E-state index contributed by atoms with van der Waals surface area (Å²) in [5.74, 6) is 0. The molecule has 0 radical (unpaired) electrons. The van der Waals surface area contributed by atoms with Gasteiger partial charge in [-0.15, -0.1) is 0 Å². The first-order valence-electron chi connectivity index (χ1n) is 8.32. The van der Waals surface area contributed by atoms with Gasteiger partial charge in [0.05, 0.1) is 17.8 Å². The number of halogens is 8. The molecule has 1 aromatic rings. The fourth-order valence-electron chi connectivity index (χ4n) is 3.41. The van der Waals surface area contributed by atoms with E-state index in [0.717, 1.165) is 0 Å². The minimum atomic E-state index is -0.710. The highest BCUT2D eigenvalue weighted by Crippen LogP contribution is 2.72. The molecule has 1 fully saturated rings. The molecule has 0 bridgehead atoms. The van der Waals surface area contributed by atoms with Crippen molar-refractivity contribution in [2.75, 3.05) is 0 Å². The van der Waals surface area contributed by atoms with Crippen molar-refractivity contribution in [3.05, 3.63) is 35.4 Å². The van der Waals surface area contributed by atoms with Crippen molar-refractivity contribution in [1.29, 1.82) is 0 Å². The summed E-state index contributed by atoms with van der Waals surface area (Å²) >= 11 is 29.6. The number of alkyl halides is 7. The number of aryl methyl sites for hydroxylation is 2. The summed E-state index contributed by atoms with van der Waals surface area (Å²) in [6.45, 7) is 6.29. The van der Waals surface area contributed by atoms with Crippen LogP contribution in [0.4, 0.5) is 0 Å². The van der Waals surface area contributed by atoms with E-state index in [1.165, 1.54) is 19.3 Å². The molecule has 0 spiro atoms. The van der Waals surface area contributed by atoms with Crippen LogP contribution in [-0.2, 0) is 16.7 Å². The van der Waals surface area contributed by atoms with Crippen LogP contribution in [0, 0.1) is 0 Å². The first-order chi connectivity index (χ1) is 12.2. The van der Waals surface area contributed by atoms with Gasteiger partial charge in [-0.2, -0.15) is 0 Å². The molecule has 154 valence electrons. The second-order valence-corrected chi connectivity index (χ2v) is 18.1. The number of fused-ring (bicyclic) bond motifs is 1. The lowest BCUT2D eigenvalue weighted by molar-refractivity contribution is 0.110. The van der Waals surface area contributed by atoms with Crippen LogP contribution in [0.1, 0.15) is 38.3 Å². The Balaban J connectivity index is 0.000000239. The van der Waals surface area contributed by atoms with E-state index in [4.69, 9.17) is 3.83 Å². The minimum absolute atomic E-state index is 0.101. The smallest absolute Gasteiger partial charge is 0.168 e. The monoisotopic (exact) mass is 883 g/mol. The van der Waals surface area contributed by atoms with Crippen LogP contribution in [0.25, 0.3) is 0 Å². The third-order valence-corrected chi connectivity index (χ3v) is 20.9. The fraction of sp³-hybridized carbons (Fsp3) is 0.667. The maximum Gasteiger partial charge on any atom is 0.168 e. The summed E-state index contributed by atoms with van der Waals surface area (Å²) in [5, 5.41) is 0. The Morgan fingerprint density at radius 3 is 1.67 bits per heavy atom. The summed E-state index contributed by atoms with van der Waals surface area (Å²) in [6, 6.07) is 8.74. The van der Waals surface area contributed by atoms with Crippen molar-refractivity contribution >= 4 is 128 Å². The van der Waals surface area contributed by atoms with Crippen molar-refractivity contribution in [2.24, 2.45) is 0 Å². The molecule has 3 rings (SSSR count). The first kappa shape index (κ1) is 26.3. The van der Waals surface area contributed by atoms with Crippen LogP contribution in [0.2, 0.25) is 0 Å². The summed E-state index contributed by atoms with van der Waals surface area (Å²) in [7, 11) is 0. The van der Waals surface area contributed by atoms with Crippen LogP contribution >= 0.6 is 128 Å². The third kappa shape index (κ3) is 4.20. The molecule has 5 unspecified atom stereocenters. The normalized spacial score (nSPS) is 42.9. The highest BCUT2D eigenvalue weighted by Gasteiger charge is 2.77. The van der Waals surface area contributed by atoms with Crippen molar-refractivity contribution in [3.8, 4) is 0 Å². The predicted octanol–water partition coefficient (Wildman–Crippen LogP) is 9.30. The second-order valence-electron chi connectivity index (χ2n) is 7.34. The molecular weight excluding hydrogens is 871 g/mol. The van der Waals surface area contributed by atoms with Gasteiger partial charge in [-0.1, -0.05) is 120 Å². The molecule has 2 aliphatic rings. The average Bonchev–Trinajstić information content (AvgIpc) is 3.08. The van der Waals surface area contributed by atoms with Gasteiger partial charge in [0.1, 0.15) is 19.5 Å². The zero-order valence-corrected chi connectivity index (χ0v) is 27.6. The molecule has 27 heavy (non-hydrogen) atoms. The van der Waals surface area contributed by atoms with Crippen molar-refractivity contribution in [3.63, 3.8) is 0 Å². The van der Waals surface area contributed by atoms with E-state index in [1.54, 1.807) is 11.1 Å². The number of rotatable bonds is 1. The van der Waals surface area contributed by atoms with Crippen molar-refractivity contribution < 1.29 is 3.83 Å². The second kappa shape index (κ2) is 9.11. The zero-order chi connectivity index (χ0) is 20.9. The summed E-state index contributed by atoms with van der Waals surface area (Å²) in [6.07, 6.45) is 3.96. The standard InChI is InChI=1S/C9H10Br8O.C9H10/c1-5(11)6(2,12)8(14,15)4(10)9(16,18-17)7(5,3)13;1-2-5-9-7-3-6-8(9)4-1/h4H,1-3H3;1-2,4-5H,3,6-7H2. The van der Waals surface area contributed by atoms with Gasteiger partial charge < -0.3 is 0 Å². The fourth-order valence-corrected chi connectivity index (χ4v) is 11.8. The number of hydrogen-bond donors (Lipinski definition) is 0. The van der Waals surface area contributed by atoms with Crippen LogP contribution in [0.5, 0.6) is 0 Å². The summed E-state index contributed by atoms with van der Waals surface area (Å²) in [5.41, 5.74) is 3.13. The van der Waals surface area contributed by atoms with E-state index < -0.39 is 12.1 Å². The Hall–Kier alpha value is 3.02. The number of hydrogen-bond acceptors (Lipinski definition) is 1. The third-order valence-electron chi connectivity index (χ3n) is 5.80. The number of benzene rings is 1. The molecule has 0 N–H and O–H groups in total. The van der Waals surface area contributed by atoms with Gasteiger partial charge in [0, 0.05) is 0 Å². The molecule has 0 saturated heterocycles. The van der Waals surface area contributed by atoms with Gasteiger partial charge in [0.2, 0.25) is 0 Å². The van der Waals surface area contributed by atoms with Gasteiger partial charge in [0.15, 0.2) is 4.51 Å². The van der Waals surface area contributed by atoms with Gasteiger partial charge in [-0.3, -0.25) is 3.83 Å². The topological polar surface area (TPSA) is 9.23 Å².